The molecular weight excluding hydrogens is 258 g/mol. The summed E-state index contributed by atoms with van der Waals surface area (Å²) in [7, 11) is 1.32. The average Bonchev–Trinajstić information content (AvgIpc) is 3.24. The van der Waals surface area contributed by atoms with Crippen LogP contribution in [0.4, 0.5) is 11.4 Å². The second-order valence-corrected chi connectivity index (χ2v) is 4.94. The number of benzene rings is 1. The van der Waals surface area contributed by atoms with Crippen molar-refractivity contribution in [2.75, 3.05) is 18.2 Å². The number of hydrogen-bond acceptors (Lipinski definition) is 5. The molecule has 20 heavy (non-hydrogen) atoms. The van der Waals surface area contributed by atoms with Gasteiger partial charge in [0.1, 0.15) is 6.04 Å². The van der Waals surface area contributed by atoms with Gasteiger partial charge in [0.2, 0.25) is 5.91 Å². The molecule has 1 saturated carbocycles. The predicted molar refractivity (Wildman–Crippen MR) is 76.4 cm³/mol. The fraction of sp³-hybridized carbons (Fsp3) is 0.429. The van der Waals surface area contributed by atoms with Crippen molar-refractivity contribution in [3.8, 4) is 0 Å². The van der Waals surface area contributed by atoms with Gasteiger partial charge in [0.05, 0.1) is 24.0 Å². The molecule has 2 rings (SSSR count). The van der Waals surface area contributed by atoms with E-state index in [1.54, 1.807) is 25.1 Å². The van der Waals surface area contributed by atoms with E-state index in [1.165, 1.54) is 7.11 Å². The smallest absolute Gasteiger partial charge is 0.337 e. The molecule has 1 unspecified atom stereocenters. The number of carbonyl (C=O) groups excluding carboxylic acids is 2. The number of nitrogen functional groups attached to an aromatic ring is 1. The lowest BCUT2D eigenvalue weighted by Crippen LogP contribution is -2.38. The Morgan fingerprint density at radius 1 is 1.40 bits per heavy atom. The summed E-state index contributed by atoms with van der Waals surface area (Å²) < 4.78 is 4.66. The molecule has 1 aliphatic rings. The highest BCUT2D eigenvalue weighted by molar-refractivity contribution is 5.93. The van der Waals surface area contributed by atoms with Gasteiger partial charge in [-0.15, -0.1) is 0 Å². The zero-order valence-electron chi connectivity index (χ0n) is 11.6. The van der Waals surface area contributed by atoms with Crippen molar-refractivity contribution in [2.24, 2.45) is 0 Å². The van der Waals surface area contributed by atoms with E-state index in [0.717, 1.165) is 12.8 Å². The van der Waals surface area contributed by atoms with E-state index in [1.807, 2.05) is 0 Å². The minimum atomic E-state index is -0.442. The Kier molecular flexibility index (Phi) is 4.12. The van der Waals surface area contributed by atoms with Gasteiger partial charge in [-0.1, -0.05) is 0 Å². The van der Waals surface area contributed by atoms with Crippen molar-refractivity contribution in [1.29, 1.82) is 0 Å². The molecule has 0 bridgehead atoms. The molecule has 6 heteroatoms. The molecule has 1 atom stereocenters. The number of methoxy groups -OCH3 is 1. The predicted octanol–water partition coefficient (Wildman–Crippen LogP) is 1.13. The minimum absolute atomic E-state index is 0.0737. The first-order chi connectivity index (χ1) is 9.51. The number of rotatable bonds is 5. The van der Waals surface area contributed by atoms with E-state index in [4.69, 9.17) is 5.73 Å². The molecule has 0 aliphatic heterocycles. The van der Waals surface area contributed by atoms with E-state index >= 15 is 0 Å². The quantitative estimate of drug-likeness (QED) is 0.554. The van der Waals surface area contributed by atoms with Crippen LogP contribution in [0.5, 0.6) is 0 Å². The molecule has 0 aromatic heterocycles. The molecule has 108 valence electrons. The number of nitrogens with two attached hydrogens (primary N) is 1. The van der Waals surface area contributed by atoms with Gasteiger partial charge in [-0.25, -0.2) is 4.79 Å². The molecule has 1 aromatic rings. The summed E-state index contributed by atoms with van der Waals surface area (Å²) in [5.41, 5.74) is 7.26. The van der Waals surface area contributed by atoms with Crippen molar-refractivity contribution in [2.45, 2.75) is 31.8 Å². The Hall–Kier alpha value is -2.24. The second kappa shape index (κ2) is 5.81. The van der Waals surface area contributed by atoms with E-state index in [0.29, 0.717) is 23.0 Å². The van der Waals surface area contributed by atoms with Crippen LogP contribution in [0.15, 0.2) is 18.2 Å². The van der Waals surface area contributed by atoms with E-state index in [-0.39, 0.29) is 5.91 Å². The zero-order chi connectivity index (χ0) is 14.7. The lowest BCUT2D eigenvalue weighted by Gasteiger charge is -2.17. The fourth-order valence-electron chi connectivity index (χ4n) is 1.78. The number of ether oxygens (including phenoxy) is 1. The molecular formula is C14H19N3O3. The van der Waals surface area contributed by atoms with Crippen LogP contribution in [0, 0.1) is 0 Å². The van der Waals surface area contributed by atoms with Gasteiger partial charge >= 0.3 is 5.97 Å². The van der Waals surface area contributed by atoms with Gasteiger partial charge in [-0.3, -0.25) is 4.79 Å². The number of esters is 1. The van der Waals surface area contributed by atoms with Crippen LogP contribution >= 0.6 is 0 Å². The summed E-state index contributed by atoms with van der Waals surface area (Å²) in [5.74, 6) is -0.515. The van der Waals surface area contributed by atoms with Gasteiger partial charge < -0.3 is 21.1 Å². The van der Waals surface area contributed by atoms with Crippen molar-refractivity contribution in [3.05, 3.63) is 23.8 Å². The Morgan fingerprint density at radius 2 is 2.10 bits per heavy atom. The van der Waals surface area contributed by atoms with Gasteiger partial charge in [0, 0.05) is 6.04 Å². The van der Waals surface area contributed by atoms with Crippen LogP contribution < -0.4 is 16.4 Å². The van der Waals surface area contributed by atoms with Crippen LogP contribution in [0.3, 0.4) is 0 Å². The summed E-state index contributed by atoms with van der Waals surface area (Å²) in [6.45, 7) is 1.75. The van der Waals surface area contributed by atoms with Crippen LogP contribution in [0.2, 0.25) is 0 Å². The number of anilines is 2. The molecule has 1 aliphatic carbocycles. The van der Waals surface area contributed by atoms with Crippen molar-refractivity contribution in [1.82, 2.24) is 5.32 Å². The molecule has 0 heterocycles. The maximum absolute atomic E-state index is 11.9. The monoisotopic (exact) mass is 277 g/mol. The maximum Gasteiger partial charge on any atom is 0.337 e. The van der Waals surface area contributed by atoms with Gasteiger partial charge in [-0.05, 0) is 38.0 Å². The normalized spacial score (nSPS) is 15.3. The first kappa shape index (κ1) is 14.2. The van der Waals surface area contributed by atoms with Crippen LogP contribution in [-0.4, -0.2) is 31.1 Å². The minimum Gasteiger partial charge on any atom is -0.465 e. The lowest BCUT2D eigenvalue weighted by molar-refractivity contribution is -0.121. The highest BCUT2D eigenvalue weighted by Crippen LogP contribution is 2.22. The summed E-state index contributed by atoms with van der Waals surface area (Å²) in [4.78, 5) is 23.4. The maximum atomic E-state index is 11.9. The van der Waals surface area contributed by atoms with E-state index in [2.05, 4.69) is 15.4 Å². The summed E-state index contributed by atoms with van der Waals surface area (Å²) in [6, 6.07) is 4.67. The largest absolute Gasteiger partial charge is 0.465 e. The van der Waals surface area contributed by atoms with Crippen LogP contribution in [-0.2, 0) is 9.53 Å². The number of nitrogens with one attached hydrogen (secondary N) is 2. The van der Waals surface area contributed by atoms with Crippen molar-refractivity contribution in [3.63, 3.8) is 0 Å². The highest BCUT2D eigenvalue weighted by atomic mass is 16.5. The number of amides is 1. The van der Waals surface area contributed by atoms with Gasteiger partial charge in [0.25, 0.3) is 0 Å². The first-order valence-electron chi connectivity index (χ1n) is 6.56. The van der Waals surface area contributed by atoms with Crippen molar-refractivity contribution >= 4 is 23.3 Å². The molecule has 0 saturated heterocycles. The molecule has 1 aromatic carbocycles. The molecule has 1 amide bonds. The van der Waals surface area contributed by atoms with Crippen molar-refractivity contribution < 1.29 is 14.3 Å². The van der Waals surface area contributed by atoms with Gasteiger partial charge in [0.15, 0.2) is 0 Å². The molecule has 1 fully saturated rings. The highest BCUT2D eigenvalue weighted by Gasteiger charge is 2.25. The zero-order valence-corrected chi connectivity index (χ0v) is 11.6. The third kappa shape index (κ3) is 3.40. The van der Waals surface area contributed by atoms with Crippen LogP contribution in [0.25, 0.3) is 0 Å². The number of hydrogen-bond donors (Lipinski definition) is 3. The first-order valence-corrected chi connectivity index (χ1v) is 6.56. The average molecular weight is 277 g/mol. The Labute approximate surface area is 117 Å². The van der Waals surface area contributed by atoms with Gasteiger partial charge in [-0.2, -0.15) is 0 Å². The number of carbonyl (C=O) groups is 2. The Morgan fingerprint density at radius 3 is 2.70 bits per heavy atom. The topological polar surface area (TPSA) is 93.4 Å². The molecule has 0 radical (unpaired) electrons. The standard InChI is InChI=1S/C14H19N3O3/c1-8(13(18)17-10-4-5-10)16-12-7-9(14(19)20-2)3-6-11(12)15/h3,6-8,10,16H,4-5,15H2,1-2H3,(H,17,18). The summed E-state index contributed by atoms with van der Waals surface area (Å²) in [6.07, 6.45) is 2.08. The van der Waals surface area contributed by atoms with E-state index < -0.39 is 12.0 Å². The molecule has 4 N–H and O–H groups in total. The van der Waals surface area contributed by atoms with Crippen LogP contribution in [0.1, 0.15) is 30.1 Å². The lowest BCUT2D eigenvalue weighted by atomic mass is 10.1. The molecule has 6 nitrogen and oxygen atoms in total. The van der Waals surface area contributed by atoms with E-state index in [9.17, 15) is 9.59 Å². The third-order valence-corrected chi connectivity index (χ3v) is 3.16. The SMILES string of the molecule is COC(=O)c1ccc(N)c(NC(C)C(=O)NC2CC2)c1. The molecule has 0 spiro atoms. The summed E-state index contributed by atoms with van der Waals surface area (Å²) >= 11 is 0. The Balaban J connectivity index is 2.06. The Bertz CT molecular complexity index is 526. The fourth-order valence-corrected chi connectivity index (χ4v) is 1.78. The summed E-state index contributed by atoms with van der Waals surface area (Å²) in [5, 5.41) is 5.93. The second-order valence-electron chi connectivity index (χ2n) is 4.94. The third-order valence-electron chi connectivity index (χ3n) is 3.16.